The van der Waals surface area contributed by atoms with Crippen LogP contribution in [0.25, 0.3) is 0 Å². The summed E-state index contributed by atoms with van der Waals surface area (Å²) in [7, 11) is -1.43. The van der Waals surface area contributed by atoms with Crippen LogP contribution in [0.4, 0.5) is 0 Å². The van der Waals surface area contributed by atoms with Crippen molar-refractivity contribution in [1.82, 2.24) is 0 Å². The quantitative estimate of drug-likeness (QED) is 0.524. The summed E-state index contributed by atoms with van der Waals surface area (Å²) in [6.07, 6.45) is 5.69. The Morgan fingerprint density at radius 2 is 2.36 bits per heavy atom. The lowest BCUT2D eigenvalue weighted by Crippen LogP contribution is -2.22. The molecule has 0 spiro atoms. The highest BCUT2D eigenvalue weighted by Gasteiger charge is 2.26. The van der Waals surface area contributed by atoms with Crippen molar-refractivity contribution in [1.29, 1.82) is 5.26 Å². The fourth-order valence-corrected chi connectivity index (χ4v) is 1.05. The monoisotopic (exact) mass is 149 g/mol. The van der Waals surface area contributed by atoms with E-state index in [0.717, 1.165) is 0 Å². The van der Waals surface area contributed by atoms with Crippen molar-refractivity contribution in [3.63, 3.8) is 0 Å². The molecule has 1 atom stereocenters. The number of hydrogen-bond acceptors (Lipinski definition) is 3. The zero-order chi connectivity index (χ0) is 8.27. The van der Waals surface area contributed by atoms with Crippen LogP contribution in [0, 0.1) is 11.3 Å². The molecule has 0 heterocycles. The van der Waals surface area contributed by atoms with Crippen LogP contribution in [0.1, 0.15) is 6.42 Å². The van der Waals surface area contributed by atoms with Gasteiger partial charge in [-0.15, -0.1) is 0 Å². The molecule has 0 aromatic carbocycles. The molecule has 0 fully saturated rings. The minimum absolute atomic E-state index is 0.433. The topological polar surface area (TPSA) is 64.2 Å². The lowest BCUT2D eigenvalue weighted by molar-refractivity contribution is 0.392. The largest absolute Gasteiger partial charge is 0.460 e. The molecule has 3 nitrogen and oxygen atoms in total. The summed E-state index contributed by atoms with van der Waals surface area (Å²) in [5, 5.41) is 26.2. The van der Waals surface area contributed by atoms with E-state index in [-0.39, 0.29) is 0 Å². The molecular weight excluding hydrogens is 141 g/mol. The summed E-state index contributed by atoms with van der Waals surface area (Å²) in [6, 6.07) is 1.93. The molecule has 0 radical (unpaired) electrons. The predicted octanol–water partition coefficient (Wildman–Crippen LogP) is 0.239. The number of hydrogen-bond donors (Lipinski definition) is 2. The normalized spacial score (nSPS) is 22.3. The van der Waals surface area contributed by atoms with Gasteiger partial charge in [-0.2, -0.15) is 5.26 Å². The van der Waals surface area contributed by atoms with Gasteiger partial charge in [0.25, 0.3) is 0 Å². The van der Waals surface area contributed by atoms with E-state index in [0.29, 0.717) is 12.0 Å². The molecule has 1 unspecified atom stereocenters. The fourth-order valence-electron chi connectivity index (χ4n) is 1.05. The molecule has 1 rings (SSSR count). The molecular formula is C7H8BNO2. The van der Waals surface area contributed by atoms with E-state index in [1.807, 2.05) is 12.1 Å². The van der Waals surface area contributed by atoms with Gasteiger partial charge in [0.1, 0.15) is 0 Å². The van der Waals surface area contributed by atoms with Crippen LogP contribution in [-0.2, 0) is 0 Å². The molecule has 0 amide bonds. The third-order valence-corrected chi connectivity index (χ3v) is 1.69. The third-order valence-electron chi connectivity index (χ3n) is 1.69. The Bertz CT molecular complexity index is 239. The molecule has 0 saturated carbocycles. The van der Waals surface area contributed by atoms with Crippen molar-refractivity contribution in [2.45, 2.75) is 12.2 Å². The number of nitriles is 1. The molecule has 56 valence electrons. The first kappa shape index (κ1) is 8.06. The second-order valence-corrected chi connectivity index (χ2v) is 2.42. The van der Waals surface area contributed by atoms with Crippen molar-refractivity contribution in [2.24, 2.45) is 0 Å². The summed E-state index contributed by atoms with van der Waals surface area (Å²) in [5.74, 6) is -0.440. The molecule has 0 saturated heterocycles. The minimum atomic E-state index is -1.43. The molecule has 0 aromatic rings. The van der Waals surface area contributed by atoms with Gasteiger partial charge >= 0.3 is 7.12 Å². The predicted molar refractivity (Wildman–Crippen MR) is 41.4 cm³/mol. The molecule has 4 heteroatoms. The maximum atomic E-state index is 8.81. The number of rotatable bonds is 1. The lowest BCUT2D eigenvalue weighted by atomic mass is 9.65. The van der Waals surface area contributed by atoms with Crippen molar-refractivity contribution >= 4 is 7.12 Å². The Morgan fingerprint density at radius 3 is 2.82 bits per heavy atom. The zero-order valence-electron chi connectivity index (χ0n) is 5.94. The maximum Gasteiger partial charge on any atom is 0.460 e. The Kier molecular flexibility index (Phi) is 2.47. The Labute approximate surface area is 65.4 Å². The van der Waals surface area contributed by atoms with Gasteiger partial charge in [0.15, 0.2) is 0 Å². The van der Waals surface area contributed by atoms with Gasteiger partial charge in [-0.1, -0.05) is 12.2 Å². The summed E-state index contributed by atoms with van der Waals surface area (Å²) >= 11 is 0. The zero-order valence-corrected chi connectivity index (χ0v) is 5.94. The van der Waals surface area contributed by atoms with Gasteiger partial charge in [-0.25, -0.2) is 0 Å². The molecule has 1 aliphatic carbocycles. The first-order chi connectivity index (χ1) is 5.25. The highest BCUT2D eigenvalue weighted by atomic mass is 16.4. The highest BCUT2D eigenvalue weighted by molar-refractivity contribution is 6.44. The first-order valence-electron chi connectivity index (χ1n) is 3.38. The standard InChI is InChI=1S/C7H8BNO2/c9-5-6-3-1-2-4-7(6)8(10)11/h1-3,7,10-11H,4H2. The molecule has 0 bridgehead atoms. The van der Waals surface area contributed by atoms with Crippen LogP contribution < -0.4 is 0 Å². The van der Waals surface area contributed by atoms with Crippen molar-refractivity contribution in [3.8, 4) is 6.07 Å². The molecule has 1 aliphatic rings. The molecule has 0 aliphatic heterocycles. The van der Waals surface area contributed by atoms with Gasteiger partial charge in [0, 0.05) is 11.4 Å². The second kappa shape index (κ2) is 3.38. The van der Waals surface area contributed by atoms with Gasteiger partial charge in [-0.3, -0.25) is 0 Å². The second-order valence-electron chi connectivity index (χ2n) is 2.42. The first-order valence-corrected chi connectivity index (χ1v) is 3.38. The van der Waals surface area contributed by atoms with Gasteiger partial charge < -0.3 is 10.0 Å². The van der Waals surface area contributed by atoms with Crippen LogP contribution in [-0.4, -0.2) is 17.2 Å². The maximum absolute atomic E-state index is 8.81. The summed E-state index contributed by atoms with van der Waals surface area (Å²) in [6.45, 7) is 0. The molecule has 11 heavy (non-hydrogen) atoms. The van der Waals surface area contributed by atoms with E-state index < -0.39 is 12.9 Å². The van der Waals surface area contributed by atoms with E-state index in [1.165, 1.54) is 0 Å². The van der Waals surface area contributed by atoms with Crippen molar-refractivity contribution in [2.75, 3.05) is 0 Å². The highest BCUT2D eigenvalue weighted by Crippen LogP contribution is 2.26. The van der Waals surface area contributed by atoms with E-state index >= 15 is 0 Å². The summed E-state index contributed by atoms with van der Waals surface area (Å²) in [4.78, 5) is 0. The minimum Gasteiger partial charge on any atom is -0.427 e. The Hall–Kier alpha value is -1.05. The molecule has 2 N–H and O–H groups in total. The van der Waals surface area contributed by atoms with Crippen molar-refractivity contribution < 1.29 is 10.0 Å². The van der Waals surface area contributed by atoms with E-state index in [2.05, 4.69) is 0 Å². The SMILES string of the molecule is N#CC1=CC=CCC1B(O)O. The van der Waals surface area contributed by atoms with E-state index in [9.17, 15) is 0 Å². The van der Waals surface area contributed by atoms with Gasteiger partial charge in [0.2, 0.25) is 0 Å². The summed E-state index contributed by atoms with van der Waals surface area (Å²) in [5.41, 5.74) is 0.433. The average Bonchev–Trinajstić information content (AvgIpc) is 2.04. The van der Waals surface area contributed by atoms with Crippen LogP contribution in [0.15, 0.2) is 23.8 Å². The van der Waals surface area contributed by atoms with Gasteiger partial charge in [0.05, 0.1) is 6.07 Å². The number of nitrogens with zero attached hydrogens (tertiary/aromatic N) is 1. The van der Waals surface area contributed by atoms with E-state index in [4.69, 9.17) is 15.3 Å². The van der Waals surface area contributed by atoms with Gasteiger partial charge in [-0.05, 0) is 12.5 Å². The van der Waals surface area contributed by atoms with Crippen LogP contribution >= 0.6 is 0 Å². The Balaban J connectivity index is 2.78. The third kappa shape index (κ3) is 1.70. The van der Waals surface area contributed by atoms with Crippen LogP contribution in [0.3, 0.4) is 0 Å². The Morgan fingerprint density at radius 1 is 1.64 bits per heavy atom. The average molecular weight is 149 g/mol. The van der Waals surface area contributed by atoms with Crippen LogP contribution in [0.5, 0.6) is 0 Å². The number of allylic oxidation sites excluding steroid dienone is 4. The molecule has 0 aromatic heterocycles. The lowest BCUT2D eigenvalue weighted by Gasteiger charge is -2.14. The fraction of sp³-hybridized carbons (Fsp3) is 0.286. The van der Waals surface area contributed by atoms with Crippen LogP contribution in [0.2, 0.25) is 5.82 Å². The van der Waals surface area contributed by atoms with E-state index in [1.54, 1.807) is 12.2 Å². The van der Waals surface area contributed by atoms with Crippen molar-refractivity contribution in [3.05, 3.63) is 23.8 Å². The smallest absolute Gasteiger partial charge is 0.427 e. The summed E-state index contributed by atoms with van der Waals surface area (Å²) < 4.78 is 0.